The third-order valence-electron chi connectivity index (χ3n) is 2.87. The predicted octanol–water partition coefficient (Wildman–Crippen LogP) is 1.38. The maximum atomic E-state index is 11.9. The van der Waals surface area contributed by atoms with Crippen LogP contribution in [0.25, 0.3) is 0 Å². The largest absolute Gasteiger partial charge is 0.350 e. The van der Waals surface area contributed by atoms with Crippen LogP contribution in [0.15, 0.2) is 6.07 Å². The van der Waals surface area contributed by atoms with E-state index >= 15 is 0 Å². The highest BCUT2D eigenvalue weighted by Gasteiger charge is 2.19. The quantitative estimate of drug-likeness (QED) is 0.846. The van der Waals surface area contributed by atoms with Gasteiger partial charge in [-0.2, -0.15) is 5.10 Å². The minimum atomic E-state index is -0.223. The van der Waals surface area contributed by atoms with Crippen LogP contribution < -0.4 is 10.6 Å². The van der Waals surface area contributed by atoms with E-state index in [1.807, 2.05) is 39.4 Å². The van der Waals surface area contributed by atoms with E-state index in [0.717, 1.165) is 17.8 Å². The van der Waals surface area contributed by atoms with E-state index in [1.54, 1.807) is 0 Å². The molecule has 19 heavy (non-hydrogen) atoms. The van der Waals surface area contributed by atoms with Gasteiger partial charge in [-0.15, -0.1) is 0 Å². The Labute approximate surface area is 115 Å². The van der Waals surface area contributed by atoms with Gasteiger partial charge in [0.05, 0.1) is 17.4 Å². The highest BCUT2D eigenvalue weighted by Crippen LogP contribution is 2.04. The first kappa shape index (κ1) is 15.7. The van der Waals surface area contributed by atoms with Gasteiger partial charge >= 0.3 is 0 Å². The molecule has 0 aliphatic heterocycles. The number of carbonyl (C=O) groups excluding carboxylic acids is 1. The molecule has 1 rings (SSSR count). The normalized spacial score (nSPS) is 13.4. The van der Waals surface area contributed by atoms with Crippen molar-refractivity contribution < 1.29 is 4.79 Å². The Kier molecular flexibility index (Phi) is 5.11. The van der Waals surface area contributed by atoms with Gasteiger partial charge in [0.1, 0.15) is 0 Å². The molecule has 1 amide bonds. The number of nitrogens with one attached hydrogen (secondary N) is 2. The number of carbonyl (C=O) groups is 1. The minimum absolute atomic E-state index is 0.0189. The Morgan fingerprint density at radius 3 is 2.58 bits per heavy atom. The van der Waals surface area contributed by atoms with Crippen LogP contribution in [-0.2, 0) is 24.8 Å². The highest BCUT2D eigenvalue weighted by molar-refractivity contribution is 5.81. The lowest BCUT2D eigenvalue weighted by Gasteiger charge is -2.23. The van der Waals surface area contributed by atoms with Gasteiger partial charge in [-0.25, -0.2) is 0 Å². The molecule has 0 saturated carbocycles. The number of aromatic nitrogens is 2. The van der Waals surface area contributed by atoms with E-state index in [1.165, 1.54) is 0 Å². The lowest BCUT2D eigenvalue weighted by atomic mass is 10.1. The summed E-state index contributed by atoms with van der Waals surface area (Å²) in [7, 11) is 1.93. The van der Waals surface area contributed by atoms with Gasteiger partial charge in [0, 0.05) is 19.1 Å². The van der Waals surface area contributed by atoms with Crippen molar-refractivity contribution in [2.45, 2.75) is 59.2 Å². The summed E-state index contributed by atoms with van der Waals surface area (Å²) < 4.78 is 1.86. The molecule has 5 heteroatoms. The molecular weight excluding hydrogens is 240 g/mol. The number of aryl methyl sites for hydroxylation is 2. The molecule has 0 fully saturated rings. The third-order valence-corrected chi connectivity index (χ3v) is 2.87. The summed E-state index contributed by atoms with van der Waals surface area (Å²) in [6.07, 6.45) is 0.925. The monoisotopic (exact) mass is 266 g/mol. The van der Waals surface area contributed by atoms with E-state index in [9.17, 15) is 4.79 Å². The van der Waals surface area contributed by atoms with Gasteiger partial charge in [0.15, 0.2) is 0 Å². The SMILES string of the molecule is CCc1cc(CNC(C)C(=O)NC(C)(C)C)n(C)n1. The molecule has 0 radical (unpaired) electrons. The Morgan fingerprint density at radius 2 is 2.11 bits per heavy atom. The molecule has 1 atom stereocenters. The van der Waals surface area contributed by atoms with E-state index in [4.69, 9.17) is 0 Å². The average molecular weight is 266 g/mol. The second-order valence-corrected chi connectivity index (χ2v) is 5.95. The first-order valence-corrected chi connectivity index (χ1v) is 6.80. The Morgan fingerprint density at radius 1 is 1.47 bits per heavy atom. The first-order valence-electron chi connectivity index (χ1n) is 6.80. The van der Waals surface area contributed by atoms with Gasteiger partial charge < -0.3 is 10.6 Å². The van der Waals surface area contributed by atoms with E-state index in [2.05, 4.69) is 28.7 Å². The molecule has 108 valence electrons. The molecule has 1 unspecified atom stereocenters. The van der Waals surface area contributed by atoms with Crippen LogP contribution in [0.5, 0.6) is 0 Å². The van der Waals surface area contributed by atoms with Crippen molar-refractivity contribution in [2.24, 2.45) is 7.05 Å². The van der Waals surface area contributed by atoms with Crippen LogP contribution in [0, 0.1) is 0 Å². The lowest BCUT2D eigenvalue weighted by molar-refractivity contribution is -0.124. The molecule has 1 aromatic rings. The molecule has 1 heterocycles. The van der Waals surface area contributed by atoms with Gasteiger partial charge in [-0.3, -0.25) is 9.48 Å². The molecule has 0 aliphatic carbocycles. The number of rotatable bonds is 5. The van der Waals surface area contributed by atoms with Crippen LogP contribution >= 0.6 is 0 Å². The van der Waals surface area contributed by atoms with E-state index in [0.29, 0.717) is 6.54 Å². The fraction of sp³-hybridized carbons (Fsp3) is 0.714. The zero-order chi connectivity index (χ0) is 14.6. The van der Waals surface area contributed by atoms with Crippen LogP contribution in [0.2, 0.25) is 0 Å². The van der Waals surface area contributed by atoms with Gasteiger partial charge in [-0.1, -0.05) is 6.92 Å². The molecule has 0 aromatic carbocycles. The zero-order valence-electron chi connectivity index (χ0n) is 12.9. The summed E-state index contributed by atoms with van der Waals surface area (Å²) >= 11 is 0. The molecule has 0 saturated heterocycles. The summed E-state index contributed by atoms with van der Waals surface area (Å²) in [5.41, 5.74) is 1.97. The van der Waals surface area contributed by atoms with Gasteiger partial charge in [0.25, 0.3) is 0 Å². The van der Waals surface area contributed by atoms with Crippen molar-refractivity contribution in [1.82, 2.24) is 20.4 Å². The zero-order valence-corrected chi connectivity index (χ0v) is 12.9. The first-order chi connectivity index (χ1) is 8.73. The number of hydrogen-bond acceptors (Lipinski definition) is 3. The van der Waals surface area contributed by atoms with Crippen molar-refractivity contribution in [3.8, 4) is 0 Å². The summed E-state index contributed by atoms with van der Waals surface area (Å²) in [4.78, 5) is 11.9. The van der Waals surface area contributed by atoms with Crippen LogP contribution in [0.4, 0.5) is 0 Å². The number of nitrogens with zero attached hydrogens (tertiary/aromatic N) is 2. The molecule has 0 bridgehead atoms. The van der Waals surface area contributed by atoms with E-state index < -0.39 is 0 Å². The fourth-order valence-corrected chi connectivity index (χ4v) is 1.74. The van der Waals surface area contributed by atoms with Crippen LogP contribution in [0.3, 0.4) is 0 Å². The second kappa shape index (κ2) is 6.19. The maximum absolute atomic E-state index is 11.9. The van der Waals surface area contributed by atoms with Crippen LogP contribution in [-0.4, -0.2) is 27.3 Å². The van der Waals surface area contributed by atoms with Crippen molar-refractivity contribution in [3.05, 3.63) is 17.5 Å². The summed E-state index contributed by atoms with van der Waals surface area (Å²) in [6.45, 7) is 10.5. The summed E-state index contributed by atoms with van der Waals surface area (Å²) in [5, 5.41) is 10.6. The summed E-state index contributed by atoms with van der Waals surface area (Å²) in [6, 6.07) is 1.85. The Hall–Kier alpha value is -1.36. The van der Waals surface area contributed by atoms with E-state index in [-0.39, 0.29) is 17.5 Å². The number of hydrogen-bond donors (Lipinski definition) is 2. The van der Waals surface area contributed by atoms with Crippen molar-refractivity contribution >= 4 is 5.91 Å². The molecule has 0 aliphatic rings. The lowest BCUT2D eigenvalue weighted by Crippen LogP contribution is -2.49. The smallest absolute Gasteiger partial charge is 0.237 e. The Bertz CT molecular complexity index is 431. The van der Waals surface area contributed by atoms with Crippen molar-refractivity contribution in [1.29, 1.82) is 0 Å². The highest BCUT2D eigenvalue weighted by atomic mass is 16.2. The maximum Gasteiger partial charge on any atom is 0.237 e. The Balaban J connectivity index is 2.51. The second-order valence-electron chi connectivity index (χ2n) is 5.95. The van der Waals surface area contributed by atoms with Crippen molar-refractivity contribution in [3.63, 3.8) is 0 Å². The average Bonchev–Trinajstić information content (AvgIpc) is 2.64. The standard InChI is InChI=1S/C14H26N4O/c1-7-11-8-12(18(6)17-11)9-15-10(2)13(19)16-14(3,4)5/h8,10,15H,7,9H2,1-6H3,(H,16,19). The van der Waals surface area contributed by atoms with Crippen LogP contribution in [0.1, 0.15) is 46.0 Å². The molecular formula is C14H26N4O. The molecule has 0 spiro atoms. The summed E-state index contributed by atoms with van der Waals surface area (Å²) in [5.74, 6) is 0.0189. The minimum Gasteiger partial charge on any atom is -0.350 e. The van der Waals surface area contributed by atoms with Gasteiger partial charge in [-0.05, 0) is 40.2 Å². The topological polar surface area (TPSA) is 59.0 Å². The van der Waals surface area contributed by atoms with Crippen molar-refractivity contribution in [2.75, 3.05) is 0 Å². The van der Waals surface area contributed by atoms with Gasteiger partial charge in [0.2, 0.25) is 5.91 Å². The predicted molar refractivity (Wildman–Crippen MR) is 76.8 cm³/mol. The molecule has 1 aromatic heterocycles. The fourth-order valence-electron chi connectivity index (χ4n) is 1.74. The number of amides is 1. The molecule has 2 N–H and O–H groups in total. The third kappa shape index (κ3) is 5.03. The molecule has 5 nitrogen and oxygen atoms in total.